The Balaban J connectivity index is 0.000000237. The van der Waals surface area contributed by atoms with Gasteiger partial charge in [-0.25, -0.2) is 4.79 Å². The van der Waals surface area contributed by atoms with Crippen molar-refractivity contribution in [2.45, 2.75) is 20.8 Å². The van der Waals surface area contributed by atoms with Crippen molar-refractivity contribution in [2.24, 2.45) is 0 Å². The minimum Gasteiger partial charge on any atom is -0.427 e. The fourth-order valence-electron chi connectivity index (χ4n) is 2.38. The zero-order valence-corrected chi connectivity index (χ0v) is 16.6. The highest BCUT2D eigenvalue weighted by atomic mass is 35.5. The van der Waals surface area contributed by atoms with E-state index in [2.05, 4.69) is 9.72 Å². The Hall–Kier alpha value is -3.18. The maximum Gasteiger partial charge on any atom is 0.343 e. The Bertz CT molecular complexity index is 972. The number of halogens is 1. The average Bonchev–Trinajstić information content (AvgIpc) is 2.65. The van der Waals surface area contributed by atoms with E-state index in [1.54, 1.807) is 6.07 Å². The molecule has 0 radical (unpaired) electrons. The van der Waals surface area contributed by atoms with Gasteiger partial charge in [0.25, 0.3) is 6.47 Å². The SMILES string of the molecule is Cc1ccc(OC(=O)c2ccccc2C)c(C)c1.O=COc1cncc(Cl)c1. The second kappa shape index (κ2) is 10.2. The van der Waals surface area contributed by atoms with E-state index in [9.17, 15) is 9.59 Å². The number of carbonyl (C=O) groups is 2. The molecule has 28 heavy (non-hydrogen) atoms. The first kappa shape index (κ1) is 21.1. The maximum absolute atomic E-state index is 12.0. The molecule has 0 saturated carbocycles. The van der Waals surface area contributed by atoms with E-state index in [1.165, 1.54) is 18.5 Å². The van der Waals surface area contributed by atoms with E-state index in [1.807, 2.05) is 57.2 Å². The van der Waals surface area contributed by atoms with Crippen LogP contribution in [-0.4, -0.2) is 17.4 Å². The molecule has 5 nitrogen and oxygen atoms in total. The number of aryl methyl sites for hydroxylation is 3. The number of nitrogens with zero attached hydrogens (tertiary/aromatic N) is 1. The predicted octanol–water partition coefficient (Wildman–Crippen LogP) is 5.10. The normalized spacial score (nSPS) is 9.71. The lowest BCUT2D eigenvalue weighted by atomic mass is 10.1. The molecule has 3 rings (SSSR count). The van der Waals surface area contributed by atoms with Crippen LogP contribution in [0.4, 0.5) is 0 Å². The summed E-state index contributed by atoms with van der Waals surface area (Å²) in [5, 5.41) is 0.444. The number of ether oxygens (including phenoxy) is 2. The van der Waals surface area contributed by atoms with Crippen molar-refractivity contribution in [1.29, 1.82) is 0 Å². The van der Waals surface area contributed by atoms with E-state index in [4.69, 9.17) is 16.3 Å². The number of rotatable bonds is 4. The van der Waals surface area contributed by atoms with Gasteiger partial charge in [-0.15, -0.1) is 0 Å². The van der Waals surface area contributed by atoms with Gasteiger partial charge in [0.15, 0.2) is 0 Å². The van der Waals surface area contributed by atoms with Crippen molar-refractivity contribution in [1.82, 2.24) is 4.98 Å². The lowest BCUT2D eigenvalue weighted by molar-refractivity contribution is -0.120. The molecule has 0 fully saturated rings. The summed E-state index contributed by atoms with van der Waals surface area (Å²) >= 11 is 5.52. The summed E-state index contributed by atoms with van der Waals surface area (Å²) < 4.78 is 9.89. The molecule has 0 amide bonds. The van der Waals surface area contributed by atoms with Crippen molar-refractivity contribution in [3.63, 3.8) is 0 Å². The number of esters is 1. The molecule has 2 aromatic carbocycles. The number of carbonyl (C=O) groups excluding carboxylic acids is 2. The molecule has 1 heterocycles. The molecule has 0 aliphatic rings. The first-order chi connectivity index (χ1) is 13.4. The summed E-state index contributed by atoms with van der Waals surface area (Å²) in [6.07, 6.45) is 2.86. The minimum atomic E-state index is -0.306. The molecule has 3 aromatic rings. The van der Waals surface area contributed by atoms with Crippen LogP contribution in [0.15, 0.2) is 60.9 Å². The van der Waals surface area contributed by atoms with Crippen molar-refractivity contribution in [2.75, 3.05) is 0 Å². The summed E-state index contributed by atoms with van der Waals surface area (Å²) in [6, 6.07) is 14.7. The smallest absolute Gasteiger partial charge is 0.343 e. The second-order valence-electron chi connectivity index (χ2n) is 6.03. The monoisotopic (exact) mass is 397 g/mol. The van der Waals surface area contributed by atoms with E-state index >= 15 is 0 Å². The molecule has 0 N–H and O–H groups in total. The van der Waals surface area contributed by atoms with Crippen LogP contribution in [0.5, 0.6) is 11.5 Å². The van der Waals surface area contributed by atoms with Gasteiger partial charge in [-0.2, -0.15) is 0 Å². The topological polar surface area (TPSA) is 65.5 Å². The second-order valence-corrected chi connectivity index (χ2v) is 6.46. The van der Waals surface area contributed by atoms with E-state index < -0.39 is 0 Å². The third kappa shape index (κ3) is 6.21. The van der Waals surface area contributed by atoms with Gasteiger partial charge in [0, 0.05) is 12.3 Å². The first-order valence-corrected chi connectivity index (χ1v) is 8.84. The van der Waals surface area contributed by atoms with Gasteiger partial charge in [0.05, 0.1) is 16.8 Å². The first-order valence-electron chi connectivity index (χ1n) is 8.46. The quantitative estimate of drug-likeness (QED) is 0.348. The van der Waals surface area contributed by atoms with Gasteiger partial charge in [-0.1, -0.05) is 47.5 Å². The molecule has 0 bridgehead atoms. The van der Waals surface area contributed by atoms with E-state index in [0.29, 0.717) is 28.6 Å². The number of benzene rings is 2. The molecule has 0 aliphatic carbocycles. The molecule has 0 unspecified atom stereocenters. The van der Waals surface area contributed by atoms with Crippen LogP contribution < -0.4 is 9.47 Å². The standard InChI is InChI=1S/C16H16O2.C6H4ClNO2/c1-11-8-9-15(13(3)10-11)18-16(17)14-7-5-4-6-12(14)2;7-5-1-6(10-4-9)3-8-2-5/h4-10H,1-3H3;1-4H. The van der Waals surface area contributed by atoms with Crippen molar-refractivity contribution in [3.8, 4) is 11.5 Å². The number of hydrogen-bond donors (Lipinski definition) is 0. The third-order valence-electron chi connectivity index (χ3n) is 3.76. The molecule has 6 heteroatoms. The average molecular weight is 398 g/mol. The van der Waals surface area contributed by atoms with Gasteiger partial charge in [0.2, 0.25) is 0 Å². The Morgan fingerprint density at radius 2 is 1.75 bits per heavy atom. The Morgan fingerprint density at radius 3 is 2.39 bits per heavy atom. The third-order valence-corrected chi connectivity index (χ3v) is 3.97. The molecule has 0 saturated heterocycles. The van der Waals surface area contributed by atoms with Crippen LogP contribution in [0.3, 0.4) is 0 Å². The molecule has 144 valence electrons. The van der Waals surface area contributed by atoms with E-state index in [-0.39, 0.29) is 5.97 Å². The molecule has 0 atom stereocenters. The number of aromatic nitrogens is 1. The zero-order chi connectivity index (χ0) is 20.5. The Labute approximate surface area is 168 Å². The van der Waals surface area contributed by atoms with Crippen LogP contribution in [-0.2, 0) is 4.79 Å². The molecule has 0 spiro atoms. The predicted molar refractivity (Wildman–Crippen MR) is 108 cm³/mol. The minimum absolute atomic E-state index is 0.306. The largest absolute Gasteiger partial charge is 0.427 e. The lowest BCUT2D eigenvalue weighted by Gasteiger charge is -2.09. The highest BCUT2D eigenvalue weighted by Crippen LogP contribution is 2.20. The molecular weight excluding hydrogens is 378 g/mol. The Morgan fingerprint density at radius 1 is 1.00 bits per heavy atom. The highest BCUT2D eigenvalue weighted by molar-refractivity contribution is 6.30. The van der Waals surface area contributed by atoms with Crippen LogP contribution in [0, 0.1) is 20.8 Å². The van der Waals surface area contributed by atoms with Crippen molar-refractivity contribution < 1.29 is 19.1 Å². The van der Waals surface area contributed by atoms with Crippen molar-refractivity contribution >= 4 is 24.0 Å². The van der Waals surface area contributed by atoms with Gasteiger partial charge in [-0.05, 0) is 44.0 Å². The highest BCUT2D eigenvalue weighted by Gasteiger charge is 2.12. The zero-order valence-electron chi connectivity index (χ0n) is 15.8. The van der Waals surface area contributed by atoms with Gasteiger partial charge >= 0.3 is 5.97 Å². The number of pyridine rings is 1. The fraction of sp³-hybridized carbons (Fsp3) is 0.136. The van der Waals surface area contributed by atoms with Crippen LogP contribution in [0.1, 0.15) is 27.0 Å². The van der Waals surface area contributed by atoms with Gasteiger partial charge in [-0.3, -0.25) is 9.78 Å². The molecule has 0 aliphatic heterocycles. The molecular formula is C22H20ClNO4. The van der Waals surface area contributed by atoms with Crippen LogP contribution in [0.25, 0.3) is 0 Å². The fourth-order valence-corrected chi connectivity index (χ4v) is 2.55. The summed E-state index contributed by atoms with van der Waals surface area (Å²) in [5.74, 6) is 0.663. The van der Waals surface area contributed by atoms with Gasteiger partial charge < -0.3 is 9.47 Å². The summed E-state index contributed by atoms with van der Waals surface area (Å²) in [6.45, 7) is 6.18. The van der Waals surface area contributed by atoms with Crippen molar-refractivity contribution in [3.05, 3.63) is 88.2 Å². The maximum atomic E-state index is 12.0. The summed E-state index contributed by atoms with van der Waals surface area (Å²) in [7, 11) is 0. The molecule has 1 aromatic heterocycles. The summed E-state index contributed by atoms with van der Waals surface area (Å²) in [4.78, 5) is 25.5. The van der Waals surface area contributed by atoms with Gasteiger partial charge in [0.1, 0.15) is 11.5 Å². The Kier molecular flexibility index (Phi) is 7.72. The van der Waals surface area contributed by atoms with Crippen LogP contribution >= 0.6 is 11.6 Å². The van der Waals surface area contributed by atoms with E-state index in [0.717, 1.165) is 16.7 Å². The number of hydrogen-bond acceptors (Lipinski definition) is 5. The lowest BCUT2D eigenvalue weighted by Crippen LogP contribution is -2.10. The van der Waals surface area contributed by atoms with Crippen LogP contribution in [0.2, 0.25) is 5.02 Å². The summed E-state index contributed by atoms with van der Waals surface area (Å²) in [5.41, 5.74) is 3.66.